The first-order valence-electron chi connectivity index (χ1n) is 14.6. The van der Waals surface area contributed by atoms with Gasteiger partial charge in [0.1, 0.15) is 11.1 Å². The first-order valence-corrected chi connectivity index (χ1v) is 16.2. The second-order valence-electron chi connectivity index (χ2n) is 11.4. The molecule has 3 heterocycles. The molecule has 200 valence electrons. The fraction of sp³-hybridized carbons (Fsp3) is 0.581. The van der Waals surface area contributed by atoms with Crippen molar-refractivity contribution in [1.29, 1.82) is 5.26 Å². The third-order valence-electron chi connectivity index (χ3n) is 8.87. The lowest BCUT2D eigenvalue weighted by Gasteiger charge is -2.31. The first kappa shape index (κ1) is 26.0. The molecule has 0 atom stereocenters. The Hall–Kier alpha value is -2.30. The highest BCUT2D eigenvalue weighted by molar-refractivity contribution is 8.18. The maximum absolute atomic E-state index is 13.9. The van der Waals surface area contributed by atoms with Crippen LogP contribution in [-0.4, -0.2) is 32.6 Å². The summed E-state index contributed by atoms with van der Waals surface area (Å²) in [4.78, 5) is 23.3. The molecule has 0 spiro atoms. The van der Waals surface area contributed by atoms with Gasteiger partial charge in [-0.2, -0.15) is 5.26 Å². The van der Waals surface area contributed by atoms with E-state index >= 15 is 0 Å². The van der Waals surface area contributed by atoms with E-state index in [0.29, 0.717) is 6.04 Å². The average Bonchev–Trinajstić information content (AvgIpc) is 3.55. The van der Waals surface area contributed by atoms with Crippen LogP contribution in [0.5, 0.6) is 0 Å². The number of amides is 1. The number of nitriles is 1. The molecule has 0 bridgehead atoms. The minimum absolute atomic E-state index is 0.130. The van der Waals surface area contributed by atoms with Crippen LogP contribution in [-0.2, 0) is 17.6 Å². The molecular formula is C31H38N4OS2. The highest BCUT2D eigenvalue weighted by atomic mass is 32.2. The molecule has 1 saturated heterocycles. The highest BCUT2D eigenvalue weighted by Crippen LogP contribution is 2.41. The Morgan fingerprint density at radius 2 is 1.71 bits per heavy atom. The molecule has 0 N–H and O–H groups in total. The predicted molar refractivity (Wildman–Crippen MR) is 158 cm³/mol. The summed E-state index contributed by atoms with van der Waals surface area (Å²) in [5.74, 6) is 0.130. The predicted octanol–water partition coefficient (Wildman–Crippen LogP) is 7.84. The van der Waals surface area contributed by atoms with E-state index < -0.39 is 0 Å². The summed E-state index contributed by atoms with van der Waals surface area (Å²) in [6.45, 7) is 4.24. The van der Waals surface area contributed by atoms with Crippen molar-refractivity contribution >= 4 is 40.2 Å². The number of carbonyl (C=O) groups excluding carboxylic acids is 1. The minimum atomic E-state index is 0.130. The molecule has 0 unspecified atom stereocenters. The van der Waals surface area contributed by atoms with Gasteiger partial charge in [-0.15, -0.1) is 11.3 Å². The summed E-state index contributed by atoms with van der Waals surface area (Å²) < 4.78 is 2.24. The van der Waals surface area contributed by atoms with E-state index in [1.165, 1.54) is 61.8 Å². The zero-order chi connectivity index (χ0) is 26.2. The number of aliphatic imine (C=N–C) groups is 1. The Labute approximate surface area is 235 Å². The Balaban J connectivity index is 1.36. The molecule has 2 saturated carbocycles. The molecular weight excluding hydrogens is 509 g/mol. The number of fused-ring (bicyclic) bond motifs is 1. The molecule has 6 rings (SSSR count). The number of aryl methyl sites for hydroxylation is 2. The summed E-state index contributed by atoms with van der Waals surface area (Å²) >= 11 is 3.37. The van der Waals surface area contributed by atoms with Crippen molar-refractivity contribution in [3.05, 3.63) is 43.9 Å². The van der Waals surface area contributed by atoms with Crippen molar-refractivity contribution in [2.24, 2.45) is 4.99 Å². The third-order valence-corrected chi connectivity index (χ3v) is 11.1. The second kappa shape index (κ2) is 11.1. The zero-order valence-electron chi connectivity index (χ0n) is 22.7. The van der Waals surface area contributed by atoms with Gasteiger partial charge in [0.15, 0.2) is 5.17 Å². The summed E-state index contributed by atoms with van der Waals surface area (Å²) in [6, 6.07) is 5.33. The molecule has 38 heavy (non-hydrogen) atoms. The van der Waals surface area contributed by atoms with Crippen LogP contribution in [0.25, 0.3) is 11.1 Å². The smallest absolute Gasteiger partial charge is 0.267 e. The average molecular weight is 547 g/mol. The van der Waals surface area contributed by atoms with Crippen LogP contribution in [0, 0.1) is 25.2 Å². The summed E-state index contributed by atoms with van der Waals surface area (Å²) in [7, 11) is 0. The van der Waals surface area contributed by atoms with Gasteiger partial charge in [-0.05, 0) is 100 Å². The second-order valence-corrected chi connectivity index (χ2v) is 13.5. The maximum Gasteiger partial charge on any atom is 0.267 e. The van der Waals surface area contributed by atoms with Crippen molar-refractivity contribution < 1.29 is 4.79 Å². The topological polar surface area (TPSA) is 61.4 Å². The third kappa shape index (κ3) is 4.79. The molecule has 5 nitrogen and oxygen atoms in total. The Bertz CT molecular complexity index is 1330. The number of carbonyl (C=O) groups is 1. The number of hydrogen-bond acceptors (Lipinski definition) is 5. The van der Waals surface area contributed by atoms with Gasteiger partial charge in [0.25, 0.3) is 5.91 Å². The lowest BCUT2D eigenvalue weighted by atomic mass is 9.94. The van der Waals surface area contributed by atoms with E-state index in [4.69, 9.17) is 4.99 Å². The van der Waals surface area contributed by atoms with Gasteiger partial charge in [0.05, 0.1) is 16.5 Å². The van der Waals surface area contributed by atoms with E-state index in [0.717, 1.165) is 76.1 Å². The maximum atomic E-state index is 13.9. The van der Waals surface area contributed by atoms with Crippen molar-refractivity contribution in [3.8, 4) is 11.1 Å². The minimum Gasteiger partial charge on any atom is -0.308 e. The van der Waals surface area contributed by atoms with Gasteiger partial charge in [-0.1, -0.05) is 38.5 Å². The van der Waals surface area contributed by atoms with Crippen LogP contribution in [0.1, 0.15) is 110 Å². The Morgan fingerprint density at radius 3 is 2.45 bits per heavy atom. The quantitative estimate of drug-likeness (QED) is 0.367. The van der Waals surface area contributed by atoms with Crippen LogP contribution in [0.3, 0.4) is 0 Å². The standard InChI is InChI=1S/C31H38N4OS2/c1-20-17-22(21(2)34(20)30-26(19-32)25-15-9-10-16-27(25)37-30)18-28-29(36)35(24-13-7-4-8-14-24)31(38-28)33-23-11-5-3-6-12-23/h17-18,23-24H,3-16H2,1-2H3/b28-18-,33-31?. The Kier molecular flexibility index (Phi) is 7.55. The number of nitrogens with zero attached hydrogens (tertiary/aromatic N) is 4. The van der Waals surface area contributed by atoms with Crippen molar-refractivity contribution in [2.45, 2.75) is 116 Å². The fourth-order valence-corrected chi connectivity index (χ4v) is 9.37. The van der Waals surface area contributed by atoms with Crippen molar-refractivity contribution in [1.82, 2.24) is 9.47 Å². The lowest BCUT2D eigenvalue weighted by molar-refractivity contribution is -0.124. The highest BCUT2D eigenvalue weighted by Gasteiger charge is 2.39. The van der Waals surface area contributed by atoms with E-state index in [1.807, 2.05) is 0 Å². The van der Waals surface area contributed by atoms with Gasteiger partial charge in [0.2, 0.25) is 0 Å². The van der Waals surface area contributed by atoms with E-state index in [1.54, 1.807) is 23.1 Å². The van der Waals surface area contributed by atoms with Crippen molar-refractivity contribution in [2.75, 3.05) is 0 Å². The molecule has 1 amide bonds. The van der Waals surface area contributed by atoms with Crippen LogP contribution in [0.4, 0.5) is 0 Å². The molecule has 4 aliphatic rings. The molecule has 3 fully saturated rings. The summed E-state index contributed by atoms with van der Waals surface area (Å²) in [5, 5.41) is 12.0. The molecule has 2 aromatic rings. The van der Waals surface area contributed by atoms with E-state index in [-0.39, 0.29) is 11.9 Å². The first-order chi connectivity index (χ1) is 18.5. The SMILES string of the molecule is Cc1cc(/C=C2\SC(=NC3CCCCC3)N(C3CCCCC3)C2=O)c(C)n1-c1sc2c(c1C#N)CCCC2. The molecule has 2 aromatic heterocycles. The van der Waals surface area contributed by atoms with Crippen LogP contribution < -0.4 is 0 Å². The number of amidine groups is 1. The summed E-state index contributed by atoms with van der Waals surface area (Å²) in [6.07, 6.45) is 18.5. The molecule has 3 aliphatic carbocycles. The summed E-state index contributed by atoms with van der Waals surface area (Å²) in [5.41, 5.74) is 5.39. The normalized spacial score (nSPS) is 23.4. The molecule has 7 heteroatoms. The van der Waals surface area contributed by atoms with Crippen LogP contribution in [0.2, 0.25) is 0 Å². The molecule has 0 aromatic carbocycles. The number of rotatable bonds is 4. The van der Waals surface area contributed by atoms with Gasteiger partial charge in [-0.25, -0.2) is 0 Å². The fourth-order valence-electron chi connectivity index (χ4n) is 6.82. The zero-order valence-corrected chi connectivity index (χ0v) is 24.4. The van der Waals surface area contributed by atoms with Gasteiger partial charge in [0, 0.05) is 22.3 Å². The number of thiophene rings is 1. The number of thioether (sulfide) groups is 1. The van der Waals surface area contributed by atoms with Crippen LogP contribution in [0.15, 0.2) is 16.0 Å². The lowest BCUT2D eigenvalue weighted by Crippen LogP contribution is -2.41. The molecule has 1 aliphatic heterocycles. The van der Waals surface area contributed by atoms with E-state index in [9.17, 15) is 10.1 Å². The largest absolute Gasteiger partial charge is 0.308 e. The monoisotopic (exact) mass is 546 g/mol. The number of hydrogen-bond donors (Lipinski definition) is 0. The number of aromatic nitrogens is 1. The van der Waals surface area contributed by atoms with Crippen LogP contribution >= 0.6 is 23.1 Å². The van der Waals surface area contributed by atoms with Gasteiger partial charge in [-0.3, -0.25) is 14.7 Å². The molecule has 0 radical (unpaired) electrons. The van der Waals surface area contributed by atoms with Gasteiger partial charge >= 0.3 is 0 Å². The van der Waals surface area contributed by atoms with E-state index in [2.05, 4.69) is 41.5 Å². The Morgan fingerprint density at radius 1 is 1.00 bits per heavy atom. The van der Waals surface area contributed by atoms with Crippen molar-refractivity contribution in [3.63, 3.8) is 0 Å². The van der Waals surface area contributed by atoms with Gasteiger partial charge < -0.3 is 4.57 Å².